The third-order valence-corrected chi connectivity index (χ3v) is 9.05. The van der Waals surface area contributed by atoms with Gasteiger partial charge in [0.1, 0.15) is 29.2 Å². The topological polar surface area (TPSA) is 170 Å². The zero-order valence-corrected chi connectivity index (χ0v) is 26.8. The molecule has 0 saturated heterocycles. The van der Waals surface area contributed by atoms with E-state index in [0.717, 1.165) is 12.1 Å². The second-order valence-corrected chi connectivity index (χ2v) is 13.3. The smallest absolute Gasteiger partial charge is 0.469 e. The minimum absolute atomic E-state index is 0.0822. The molecule has 12 nitrogen and oxygen atoms in total. The Labute approximate surface area is 273 Å². The Balaban J connectivity index is 1.39. The summed E-state index contributed by atoms with van der Waals surface area (Å²) in [4.78, 5) is 56.3. The third-order valence-electron chi connectivity index (χ3n) is 7.92. The number of phosphoric acid groups is 1. The minimum Gasteiger partial charge on any atom is -0.484 e. The van der Waals surface area contributed by atoms with E-state index in [0.29, 0.717) is 25.7 Å². The van der Waals surface area contributed by atoms with Gasteiger partial charge in [-0.15, -0.1) is 0 Å². The molecule has 2 amide bonds. The Hall–Kier alpha value is -3.00. The molecule has 0 spiro atoms. The molecule has 2 aromatic rings. The van der Waals surface area contributed by atoms with E-state index < -0.39 is 67.6 Å². The van der Waals surface area contributed by atoms with Gasteiger partial charge in [-0.25, -0.2) is 13.3 Å². The fourth-order valence-electron chi connectivity index (χ4n) is 5.64. The first kappa shape index (κ1) is 35.8. The molecule has 3 aliphatic carbocycles. The molecule has 3 aliphatic rings. The summed E-state index contributed by atoms with van der Waals surface area (Å²) in [5, 5.41) is 5.73. The maximum absolute atomic E-state index is 13.8. The van der Waals surface area contributed by atoms with Crippen molar-refractivity contribution in [2.75, 3.05) is 19.8 Å². The fourth-order valence-corrected chi connectivity index (χ4v) is 6.24. The van der Waals surface area contributed by atoms with Crippen molar-refractivity contribution in [2.45, 2.75) is 68.5 Å². The first-order chi connectivity index (χ1) is 21.7. The molecule has 46 heavy (non-hydrogen) atoms. The number of rotatable bonds is 15. The molecule has 0 aliphatic heterocycles. The van der Waals surface area contributed by atoms with Crippen molar-refractivity contribution in [3.8, 4) is 11.5 Å². The molecule has 17 heteroatoms. The third kappa shape index (κ3) is 10.00. The molecule has 0 heterocycles. The monoisotopic (exact) mass is 708 g/mol. The standard InChI is InChI=1S/C29H33Cl2F2N2O10P/c30-20-6-4-18(13-22(20)32)42-16-25(36)34-28-8-10-29(11-9-28,35-26(37)17-43-19-5-7-21(31)23(33)14-19)24(15-28)45-27(38)3-1-2-12-44-46(39,40)41/h4-7,13-14,24H,1-3,8-12,15-17H2,(H,34,36)(H,35,37)(H2,39,40,41). The van der Waals surface area contributed by atoms with Crippen LogP contribution in [0.25, 0.3) is 0 Å². The second kappa shape index (κ2) is 15.3. The van der Waals surface area contributed by atoms with E-state index in [-0.39, 0.29) is 53.8 Å². The van der Waals surface area contributed by atoms with Gasteiger partial charge >= 0.3 is 13.8 Å². The maximum atomic E-state index is 13.8. The Kier molecular flexibility index (Phi) is 11.9. The van der Waals surface area contributed by atoms with E-state index in [2.05, 4.69) is 15.2 Å². The van der Waals surface area contributed by atoms with E-state index >= 15 is 0 Å². The van der Waals surface area contributed by atoms with Crippen LogP contribution in [0.3, 0.4) is 0 Å². The number of carbonyl (C=O) groups is 3. The van der Waals surface area contributed by atoms with Crippen molar-refractivity contribution in [1.82, 2.24) is 10.6 Å². The molecule has 1 atom stereocenters. The van der Waals surface area contributed by atoms with E-state index in [1.54, 1.807) is 0 Å². The minimum atomic E-state index is -4.62. The number of carbonyl (C=O) groups excluding carboxylic acids is 3. The van der Waals surface area contributed by atoms with Gasteiger partial charge in [0, 0.05) is 30.5 Å². The van der Waals surface area contributed by atoms with Crippen LogP contribution in [-0.2, 0) is 28.2 Å². The normalized spacial score (nSPS) is 22.2. The SMILES string of the molecule is O=C(COc1ccc(Cl)c(F)c1)NC12CCC(NC(=O)COc3ccc(Cl)c(F)c3)(CC1)C(OC(=O)CCCCOP(=O)(O)O)C2. The molecule has 4 N–H and O–H groups in total. The highest BCUT2D eigenvalue weighted by molar-refractivity contribution is 7.46. The van der Waals surface area contributed by atoms with Gasteiger partial charge < -0.3 is 34.6 Å². The number of hydrogen-bond acceptors (Lipinski definition) is 8. The number of fused-ring (bicyclic) bond motifs is 3. The predicted molar refractivity (Wildman–Crippen MR) is 160 cm³/mol. The highest BCUT2D eigenvalue weighted by Crippen LogP contribution is 2.48. The lowest BCUT2D eigenvalue weighted by molar-refractivity contribution is -0.167. The number of phosphoric ester groups is 1. The Morgan fingerprint density at radius 2 is 1.41 bits per heavy atom. The number of hydrogen-bond donors (Lipinski definition) is 4. The van der Waals surface area contributed by atoms with Gasteiger partial charge in [-0.05, 0) is 62.8 Å². The average Bonchev–Trinajstić information content (AvgIpc) is 2.98. The van der Waals surface area contributed by atoms with Crippen molar-refractivity contribution in [1.29, 1.82) is 0 Å². The van der Waals surface area contributed by atoms with Crippen molar-refractivity contribution < 1.29 is 56.3 Å². The van der Waals surface area contributed by atoms with Crippen molar-refractivity contribution in [2.24, 2.45) is 0 Å². The molecular weight excluding hydrogens is 676 g/mol. The van der Waals surface area contributed by atoms with E-state index in [1.165, 1.54) is 24.3 Å². The average molecular weight is 709 g/mol. The lowest BCUT2D eigenvalue weighted by Crippen LogP contribution is -2.71. The molecular formula is C29H33Cl2F2N2O10P. The first-order valence-corrected chi connectivity index (χ1v) is 16.6. The van der Waals surface area contributed by atoms with Crippen LogP contribution in [0.1, 0.15) is 51.4 Å². The summed E-state index contributed by atoms with van der Waals surface area (Å²) >= 11 is 11.4. The molecule has 1 unspecified atom stereocenters. The zero-order valence-electron chi connectivity index (χ0n) is 24.4. The lowest BCUT2D eigenvalue weighted by Gasteiger charge is -2.57. The Morgan fingerprint density at radius 3 is 1.93 bits per heavy atom. The van der Waals surface area contributed by atoms with Crippen LogP contribution in [0.4, 0.5) is 8.78 Å². The number of amides is 2. The lowest BCUT2D eigenvalue weighted by atomic mass is 9.59. The van der Waals surface area contributed by atoms with Gasteiger partial charge in [-0.1, -0.05) is 23.2 Å². The van der Waals surface area contributed by atoms with Crippen LogP contribution in [0.15, 0.2) is 36.4 Å². The van der Waals surface area contributed by atoms with E-state index in [9.17, 15) is 27.7 Å². The summed E-state index contributed by atoms with van der Waals surface area (Å²) in [5.74, 6) is -2.81. The summed E-state index contributed by atoms with van der Waals surface area (Å²) in [6.07, 6.45) is 1.20. The van der Waals surface area contributed by atoms with Crippen molar-refractivity contribution in [3.05, 3.63) is 58.1 Å². The number of halogens is 4. The van der Waals surface area contributed by atoms with Gasteiger partial charge in [0.05, 0.1) is 22.2 Å². The number of ether oxygens (including phenoxy) is 3. The van der Waals surface area contributed by atoms with Crippen LogP contribution in [0.2, 0.25) is 10.0 Å². The summed E-state index contributed by atoms with van der Waals surface area (Å²) in [6.45, 7) is -1.11. The maximum Gasteiger partial charge on any atom is 0.469 e. The van der Waals surface area contributed by atoms with Crippen molar-refractivity contribution in [3.63, 3.8) is 0 Å². The number of esters is 1. The summed E-state index contributed by atoms with van der Waals surface area (Å²) in [6, 6.07) is 7.56. The quantitative estimate of drug-likeness (QED) is 0.116. The molecule has 5 rings (SSSR count). The largest absolute Gasteiger partial charge is 0.484 e. The van der Waals surface area contributed by atoms with Crippen LogP contribution in [0.5, 0.6) is 11.5 Å². The molecule has 2 aromatic carbocycles. The molecule has 2 bridgehead atoms. The second-order valence-electron chi connectivity index (χ2n) is 11.2. The van der Waals surface area contributed by atoms with Gasteiger partial charge in [0.25, 0.3) is 11.8 Å². The van der Waals surface area contributed by atoms with Crippen molar-refractivity contribution >= 4 is 48.8 Å². The first-order valence-electron chi connectivity index (χ1n) is 14.3. The highest BCUT2D eigenvalue weighted by Gasteiger charge is 2.57. The van der Waals surface area contributed by atoms with Gasteiger partial charge in [0.15, 0.2) is 13.2 Å². The molecule has 3 saturated carbocycles. The van der Waals surface area contributed by atoms with Crippen LogP contribution in [-0.4, -0.2) is 64.6 Å². The van der Waals surface area contributed by atoms with Crippen LogP contribution in [0, 0.1) is 11.6 Å². The molecule has 3 fully saturated rings. The predicted octanol–water partition coefficient (Wildman–Crippen LogP) is 4.61. The molecule has 252 valence electrons. The van der Waals surface area contributed by atoms with Gasteiger partial charge in [0.2, 0.25) is 0 Å². The summed E-state index contributed by atoms with van der Waals surface area (Å²) < 4.78 is 59.5. The Morgan fingerprint density at radius 1 is 0.870 bits per heavy atom. The summed E-state index contributed by atoms with van der Waals surface area (Å²) in [5.41, 5.74) is -1.76. The number of nitrogens with one attached hydrogen (secondary N) is 2. The molecule has 0 radical (unpaired) electrons. The van der Waals surface area contributed by atoms with Gasteiger partial charge in [-0.3, -0.25) is 18.9 Å². The fraction of sp³-hybridized carbons (Fsp3) is 0.483. The van der Waals surface area contributed by atoms with Crippen LogP contribution >= 0.6 is 31.0 Å². The highest BCUT2D eigenvalue weighted by atomic mass is 35.5. The molecule has 0 aromatic heterocycles. The number of unbranched alkanes of at least 4 members (excludes halogenated alkanes) is 1. The Bertz CT molecular complexity index is 1490. The van der Waals surface area contributed by atoms with Gasteiger partial charge in [-0.2, -0.15) is 0 Å². The van der Waals surface area contributed by atoms with Crippen LogP contribution < -0.4 is 20.1 Å². The summed E-state index contributed by atoms with van der Waals surface area (Å²) in [7, 11) is -4.62. The number of benzene rings is 2. The van der Waals surface area contributed by atoms with E-state index in [1.807, 2.05) is 0 Å². The zero-order chi connectivity index (χ0) is 33.5. The van der Waals surface area contributed by atoms with E-state index in [4.69, 9.17) is 47.2 Å².